The maximum atomic E-state index is 5.90. The highest BCUT2D eigenvalue weighted by Gasteiger charge is 2.10. The van der Waals surface area contributed by atoms with Gasteiger partial charge in [-0.25, -0.2) is 0 Å². The third-order valence-corrected chi connectivity index (χ3v) is 3.76. The van der Waals surface area contributed by atoms with E-state index in [-0.39, 0.29) is 0 Å². The van der Waals surface area contributed by atoms with E-state index in [1.165, 1.54) is 5.39 Å². The molecule has 0 saturated heterocycles. The minimum atomic E-state index is 0.374. The first kappa shape index (κ1) is 13.5. The Hall–Kier alpha value is -3.14. The molecular formula is C19H15N3O. The van der Waals surface area contributed by atoms with Crippen molar-refractivity contribution in [2.45, 2.75) is 6.61 Å². The summed E-state index contributed by atoms with van der Waals surface area (Å²) in [7, 11) is 0. The number of benzene rings is 3. The second kappa shape index (κ2) is 5.93. The fraction of sp³-hybridized carbons (Fsp3) is 0.0526. The molecule has 4 nitrogen and oxygen atoms in total. The van der Waals surface area contributed by atoms with E-state index in [0.717, 1.165) is 28.1 Å². The van der Waals surface area contributed by atoms with Crippen molar-refractivity contribution < 1.29 is 4.74 Å². The van der Waals surface area contributed by atoms with Gasteiger partial charge in [-0.1, -0.05) is 60.7 Å². The van der Waals surface area contributed by atoms with Crippen molar-refractivity contribution >= 4 is 10.8 Å². The van der Waals surface area contributed by atoms with Gasteiger partial charge >= 0.3 is 0 Å². The second-order valence-corrected chi connectivity index (χ2v) is 5.28. The average Bonchev–Trinajstić information content (AvgIpc) is 3.09. The number of aromatic amines is 1. The Bertz CT molecular complexity index is 931. The Kier molecular flexibility index (Phi) is 3.48. The Morgan fingerprint density at radius 1 is 0.783 bits per heavy atom. The molecule has 0 aliphatic carbocycles. The molecule has 0 saturated carbocycles. The minimum Gasteiger partial charge on any atom is -0.487 e. The molecule has 1 aromatic heterocycles. The third kappa shape index (κ3) is 2.79. The van der Waals surface area contributed by atoms with Crippen LogP contribution in [0, 0.1) is 0 Å². The van der Waals surface area contributed by atoms with Gasteiger partial charge in [0.25, 0.3) is 0 Å². The van der Waals surface area contributed by atoms with Crippen LogP contribution in [0.5, 0.6) is 5.75 Å². The summed E-state index contributed by atoms with van der Waals surface area (Å²) in [4.78, 5) is 0. The molecule has 3 aromatic carbocycles. The zero-order chi connectivity index (χ0) is 15.5. The van der Waals surface area contributed by atoms with Crippen molar-refractivity contribution in [2.75, 3.05) is 0 Å². The number of H-pyrrole nitrogens is 1. The summed E-state index contributed by atoms with van der Waals surface area (Å²) in [5.74, 6) is 0.825. The van der Waals surface area contributed by atoms with Crippen LogP contribution in [0.3, 0.4) is 0 Å². The molecular weight excluding hydrogens is 286 g/mol. The molecule has 0 aliphatic heterocycles. The molecule has 0 radical (unpaired) electrons. The molecule has 0 bridgehead atoms. The highest BCUT2D eigenvalue weighted by atomic mass is 16.5. The molecule has 0 amide bonds. The molecule has 0 fully saturated rings. The van der Waals surface area contributed by atoms with E-state index < -0.39 is 0 Å². The smallest absolute Gasteiger partial charge is 0.134 e. The molecule has 112 valence electrons. The topological polar surface area (TPSA) is 50.8 Å². The number of fused-ring (bicyclic) bond motifs is 1. The Morgan fingerprint density at radius 3 is 2.43 bits per heavy atom. The molecule has 4 heteroatoms. The number of hydrogen-bond acceptors (Lipinski definition) is 3. The van der Waals surface area contributed by atoms with Gasteiger partial charge in [-0.3, -0.25) is 0 Å². The first-order valence-electron chi connectivity index (χ1n) is 7.47. The number of hydrogen-bond donors (Lipinski definition) is 1. The van der Waals surface area contributed by atoms with Crippen LogP contribution in [-0.4, -0.2) is 15.4 Å². The first-order chi connectivity index (χ1) is 11.4. The monoisotopic (exact) mass is 301 g/mol. The van der Waals surface area contributed by atoms with Gasteiger partial charge in [0.15, 0.2) is 0 Å². The quantitative estimate of drug-likeness (QED) is 0.614. The lowest BCUT2D eigenvalue weighted by Crippen LogP contribution is -1.98. The van der Waals surface area contributed by atoms with Gasteiger partial charge in [-0.15, -0.1) is 0 Å². The lowest BCUT2D eigenvalue weighted by atomic mass is 10.1. The molecule has 0 spiro atoms. The second-order valence-electron chi connectivity index (χ2n) is 5.28. The van der Waals surface area contributed by atoms with Crippen LogP contribution >= 0.6 is 0 Å². The summed E-state index contributed by atoms with van der Waals surface area (Å²) in [6.07, 6.45) is 0. The standard InChI is InChI=1S/C19H15N3O/c1-2-7-15(8-3-1)19-18(20-22-21-19)13-23-17-11-10-14-6-4-5-9-16(14)12-17/h1-12H,13H2,(H,20,21,22). The molecule has 0 unspecified atom stereocenters. The van der Waals surface area contributed by atoms with E-state index >= 15 is 0 Å². The summed E-state index contributed by atoms with van der Waals surface area (Å²) < 4.78 is 5.90. The van der Waals surface area contributed by atoms with Crippen LogP contribution in [0.25, 0.3) is 22.0 Å². The zero-order valence-electron chi connectivity index (χ0n) is 12.4. The first-order valence-corrected chi connectivity index (χ1v) is 7.47. The van der Waals surface area contributed by atoms with Gasteiger partial charge in [0, 0.05) is 5.56 Å². The van der Waals surface area contributed by atoms with Crippen LogP contribution in [0.2, 0.25) is 0 Å². The normalized spacial score (nSPS) is 10.8. The highest BCUT2D eigenvalue weighted by molar-refractivity contribution is 5.83. The van der Waals surface area contributed by atoms with Crippen molar-refractivity contribution in [3.8, 4) is 17.0 Å². The fourth-order valence-corrected chi connectivity index (χ4v) is 2.59. The van der Waals surface area contributed by atoms with Gasteiger partial charge in [0.1, 0.15) is 23.7 Å². The van der Waals surface area contributed by atoms with Gasteiger partial charge in [0.2, 0.25) is 0 Å². The molecule has 1 N–H and O–H groups in total. The summed E-state index contributed by atoms with van der Waals surface area (Å²) in [6.45, 7) is 0.374. The predicted octanol–water partition coefficient (Wildman–Crippen LogP) is 4.20. The largest absolute Gasteiger partial charge is 0.487 e. The Balaban J connectivity index is 1.56. The van der Waals surface area contributed by atoms with Crippen molar-refractivity contribution in [1.29, 1.82) is 0 Å². The maximum Gasteiger partial charge on any atom is 0.134 e. The van der Waals surface area contributed by atoms with Crippen LogP contribution < -0.4 is 4.74 Å². The van der Waals surface area contributed by atoms with Crippen LogP contribution in [-0.2, 0) is 6.61 Å². The lowest BCUT2D eigenvalue weighted by Gasteiger charge is -2.07. The lowest BCUT2D eigenvalue weighted by molar-refractivity contribution is 0.302. The van der Waals surface area contributed by atoms with Crippen molar-refractivity contribution in [3.63, 3.8) is 0 Å². The highest BCUT2D eigenvalue weighted by Crippen LogP contribution is 2.23. The van der Waals surface area contributed by atoms with Crippen LogP contribution in [0.15, 0.2) is 72.8 Å². The minimum absolute atomic E-state index is 0.374. The van der Waals surface area contributed by atoms with Crippen LogP contribution in [0.1, 0.15) is 5.69 Å². The fourth-order valence-electron chi connectivity index (χ4n) is 2.59. The van der Waals surface area contributed by atoms with Gasteiger partial charge in [0.05, 0.1) is 0 Å². The third-order valence-electron chi connectivity index (χ3n) is 3.76. The summed E-state index contributed by atoms with van der Waals surface area (Å²) in [5.41, 5.74) is 2.65. The molecule has 4 aromatic rings. The number of nitrogens with zero attached hydrogens (tertiary/aromatic N) is 2. The van der Waals surface area contributed by atoms with Gasteiger partial charge < -0.3 is 4.74 Å². The number of aromatic nitrogens is 3. The summed E-state index contributed by atoms with van der Waals surface area (Å²) >= 11 is 0. The SMILES string of the molecule is c1ccc(-c2n[nH]nc2COc2ccc3ccccc3c2)cc1. The molecule has 1 heterocycles. The average molecular weight is 301 g/mol. The summed E-state index contributed by atoms with van der Waals surface area (Å²) in [6, 6.07) is 24.3. The van der Waals surface area contributed by atoms with Crippen molar-refractivity contribution in [2.24, 2.45) is 0 Å². The van der Waals surface area contributed by atoms with E-state index in [4.69, 9.17) is 4.74 Å². The number of rotatable bonds is 4. The van der Waals surface area contributed by atoms with E-state index in [1.807, 2.05) is 54.6 Å². The Morgan fingerprint density at radius 2 is 1.57 bits per heavy atom. The van der Waals surface area contributed by atoms with Gasteiger partial charge in [-0.2, -0.15) is 15.4 Å². The van der Waals surface area contributed by atoms with E-state index in [0.29, 0.717) is 6.61 Å². The summed E-state index contributed by atoms with van der Waals surface area (Å²) in [5, 5.41) is 13.5. The Labute approximate surface area is 133 Å². The number of ether oxygens (including phenoxy) is 1. The van der Waals surface area contributed by atoms with E-state index in [9.17, 15) is 0 Å². The molecule has 0 aliphatic rings. The van der Waals surface area contributed by atoms with E-state index in [1.54, 1.807) is 0 Å². The molecule has 0 atom stereocenters. The predicted molar refractivity (Wildman–Crippen MR) is 90.1 cm³/mol. The van der Waals surface area contributed by atoms with Gasteiger partial charge in [-0.05, 0) is 22.9 Å². The van der Waals surface area contributed by atoms with Crippen LogP contribution in [0.4, 0.5) is 0 Å². The van der Waals surface area contributed by atoms with Crippen molar-refractivity contribution in [1.82, 2.24) is 15.4 Å². The van der Waals surface area contributed by atoms with Crippen molar-refractivity contribution in [3.05, 3.63) is 78.5 Å². The molecule has 23 heavy (non-hydrogen) atoms. The number of nitrogens with one attached hydrogen (secondary N) is 1. The zero-order valence-corrected chi connectivity index (χ0v) is 12.4. The molecule has 4 rings (SSSR count). The maximum absolute atomic E-state index is 5.90. The van der Waals surface area contributed by atoms with E-state index in [2.05, 4.69) is 33.6 Å².